The summed E-state index contributed by atoms with van der Waals surface area (Å²) in [7, 11) is 0. The molecule has 0 unspecified atom stereocenters. The molecule has 0 aromatic heterocycles. The van der Waals surface area contributed by atoms with Crippen molar-refractivity contribution in [3.05, 3.63) is 57.5 Å². The summed E-state index contributed by atoms with van der Waals surface area (Å²) >= 11 is 6.90. The summed E-state index contributed by atoms with van der Waals surface area (Å²) < 4.78 is 2.07. The van der Waals surface area contributed by atoms with Gasteiger partial charge in [0.2, 0.25) is 0 Å². The summed E-state index contributed by atoms with van der Waals surface area (Å²) in [5.74, 6) is 0. The van der Waals surface area contributed by atoms with Crippen LogP contribution in [0, 0.1) is 0 Å². The van der Waals surface area contributed by atoms with E-state index in [2.05, 4.69) is 42.7 Å². The molecule has 0 saturated carbocycles. The Balaban J connectivity index is 2.05. The first kappa shape index (κ1) is 11.5. The fourth-order valence-corrected chi connectivity index (χ4v) is 2.05. The maximum atomic E-state index is 3.47. The number of benzene rings is 2. The summed E-state index contributed by atoms with van der Waals surface area (Å²) in [6, 6.07) is 15.9. The van der Waals surface area contributed by atoms with E-state index in [1.807, 2.05) is 48.5 Å². The molecule has 0 fully saturated rings. The zero-order valence-electron chi connectivity index (χ0n) is 8.37. The third kappa shape index (κ3) is 3.00. The molecule has 0 bridgehead atoms. The van der Waals surface area contributed by atoms with E-state index in [-0.39, 0.29) is 0 Å². The van der Waals surface area contributed by atoms with Crippen molar-refractivity contribution in [1.82, 2.24) is 0 Å². The van der Waals surface area contributed by atoms with E-state index in [1.54, 1.807) is 0 Å². The van der Waals surface area contributed by atoms with Crippen molar-refractivity contribution in [3.8, 4) is 0 Å². The smallest absolute Gasteiger partial charge is 0.0681 e. The van der Waals surface area contributed by atoms with Crippen LogP contribution in [0.15, 0.2) is 57.5 Å². The van der Waals surface area contributed by atoms with Crippen LogP contribution in [0.4, 0.5) is 11.4 Å². The predicted molar refractivity (Wildman–Crippen MR) is 75.5 cm³/mol. The Kier molecular flexibility index (Phi) is 3.85. The molecular formula is C12H10Br2N2. The topological polar surface area (TPSA) is 24.1 Å². The fraction of sp³-hybridized carbons (Fsp3) is 0. The second-order valence-electron chi connectivity index (χ2n) is 3.24. The quantitative estimate of drug-likeness (QED) is 0.794. The molecule has 2 aromatic rings. The Bertz CT molecular complexity index is 486. The van der Waals surface area contributed by atoms with Crippen LogP contribution in [0.5, 0.6) is 0 Å². The Morgan fingerprint density at radius 1 is 0.812 bits per heavy atom. The first-order valence-corrected chi connectivity index (χ1v) is 6.36. The predicted octanol–water partition coefficient (Wildman–Crippen LogP) is 4.65. The minimum atomic E-state index is 1.00. The van der Waals surface area contributed by atoms with Gasteiger partial charge < -0.3 is 5.43 Å². The van der Waals surface area contributed by atoms with Crippen LogP contribution in [0.2, 0.25) is 0 Å². The van der Waals surface area contributed by atoms with E-state index in [1.165, 1.54) is 0 Å². The molecule has 0 spiro atoms. The number of rotatable bonds is 3. The first-order valence-electron chi connectivity index (χ1n) is 4.78. The lowest BCUT2D eigenvalue weighted by Crippen LogP contribution is -2.08. The van der Waals surface area contributed by atoms with Crippen molar-refractivity contribution < 1.29 is 0 Å². The van der Waals surface area contributed by atoms with E-state index in [4.69, 9.17) is 0 Å². The summed E-state index contributed by atoms with van der Waals surface area (Å²) in [6.45, 7) is 0. The molecule has 16 heavy (non-hydrogen) atoms. The van der Waals surface area contributed by atoms with E-state index in [0.717, 1.165) is 20.3 Å². The van der Waals surface area contributed by atoms with Crippen molar-refractivity contribution in [2.75, 3.05) is 10.9 Å². The molecule has 0 radical (unpaired) electrons. The van der Waals surface area contributed by atoms with Crippen LogP contribution in [-0.2, 0) is 0 Å². The van der Waals surface area contributed by atoms with Gasteiger partial charge in [-0.05, 0) is 46.3 Å². The lowest BCUT2D eigenvalue weighted by Gasteiger charge is -2.11. The van der Waals surface area contributed by atoms with Crippen molar-refractivity contribution in [2.24, 2.45) is 0 Å². The SMILES string of the molecule is Brc1cccc(NNc2ccccc2Br)c1. The highest BCUT2D eigenvalue weighted by Gasteiger charge is 1.97. The van der Waals surface area contributed by atoms with Gasteiger partial charge in [0.05, 0.1) is 11.4 Å². The van der Waals surface area contributed by atoms with Gasteiger partial charge in [-0.2, -0.15) is 0 Å². The van der Waals surface area contributed by atoms with E-state index >= 15 is 0 Å². The van der Waals surface area contributed by atoms with Gasteiger partial charge in [0, 0.05) is 8.95 Å². The molecule has 0 heterocycles. The Morgan fingerprint density at radius 3 is 2.38 bits per heavy atom. The van der Waals surface area contributed by atoms with Crippen molar-refractivity contribution >= 4 is 43.2 Å². The minimum Gasteiger partial charge on any atom is -0.301 e. The third-order valence-electron chi connectivity index (χ3n) is 2.04. The monoisotopic (exact) mass is 340 g/mol. The van der Waals surface area contributed by atoms with E-state index < -0.39 is 0 Å². The number of para-hydroxylation sites is 1. The maximum absolute atomic E-state index is 3.47. The minimum absolute atomic E-state index is 1.00. The molecule has 0 saturated heterocycles. The van der Waals surface area contributed by atoms with Crippen LogP contribution in [0.25, 0.3) is 0 Å². The third-order valence-corrected chi connectivity index (χ3v) is 3.22. The molecule has 82 valence electrons. The maximum Gasteiger partial charge on any atom is 0.0681 e. The molecule has 0 aliphatic carbocycles. The number of hydrogen-bond donors (Lipinski definition) is 2. The average Bonchev–Trinajstić information content (AvgIpc) is 2.28. The largest absolute Gasteiger partial charge is 0.301 e. The van der Waals surface area contributed by atoms with Gasteiger partial charge in [-0.15, -0.1) is 0 Å². The standard InChI is InChI=1S/C12H10Br2N2/c13-9-4-3-5-10(8-9)15-16-12-7-2-1-6-11(12)14/h1-8,15-16H. The van der Waals surface area contributed by atoms with Crippen LogP contribution in [0.3, 0.4) is 0 Å². The lowest BCUT2D eigenvalue weighted by molar-refractivity contribution is 1.40. The van der Waals surface area contributed by atoms with Gasteiger partial charge in [0.15, 0.2) is 0 Å². The summed E-state index contributed by atoms with van der Waals surface area (Å²) in [5.41, 5.74) is 8.28. The molecule has 4 heteroatoms. The summed E-state index contributed by atoms with van der Waals surface area (Å²) in [4.78, 5) is 0. The van der Waals surface area contributed by atoms with E-state index in [9.17, 15) is 0 Å². The number of hydrogen-bond acceptors (Lipinski definition) is 2. The zero-order valence-corrected chi connectivity index (χ0v) is 11.5. The molecule has 0 atom stereocenters. The Hall–Kier alpha value is -1.00. The normalized spacial score (nSPS) is 9.88. The first-order chi connectivity index (χ1) is 7.75. The zero-order chi connectivity index (χ0) is 11.4. The highest BCUT2D eigenvalue weighted by atomic mass is 79.9. The Labute approximate surface area is 111 Å². The summed E-state index contributed by atoms with van der Waals surface area (Å²) in [6.07, 6.45) is 0. The van der Waals surface area contributed by atoms with Gasteiger partial charge >= 0.3 is 0 Å². The van der Waals surface area contributed by atoms with Crippen molar-refractivity contribution in [1.29, 1.82) is 0 Å². The second-order valence-corrected chi connectivity index (χ2v) is 5.01. The summed E-state index contributed by atoms with van der Waals surface area (Å²) in [5, 5.41) is 0. The van der Waals surface area contributed by atoms with Gasteiger partial charge in [-0.3, -0.25) is 5.43 Å². The van der Waals surface area contributed by atoms with Gasteiger partial charge in [0.1, 0.15) is 0 Å². The molecule has 2 N–H and O–H groups in total. The lowest BCUT2D eigenvalue weighted by atomic mass is 10.3. The highest BCUT2D eigenvalue weighted by Crippen LogP contribution is 2.22. The molecular weight excluding hydrogens is 332 g/mol. The van der Waals surface area contributed by atoms with Gasteiger partial charge in [-0.1, -0.05) is 34.1 Å². The second kappa shape index (κ2) is 5.37. The molecule has 2 nitrogen and oxygen atoms in total. The molecule has 2 rings (SSSR count). The molecule has 0 amide bonds. The van der Waals surface area contributed by atoms with Crippen LogP contribution in [0.1, 0.15) is 0 Å². The van der Waals surface area contributed by atoms with Crippen LogP contribution >= 0.6 is 31.9 Å². The van der Waals surface area contributed by atoms with E-state index in [0.29, 0.717) is 0 Å². The fourth-order valence-electron chi connectivity index (χ4n) is 1.27. The number of halogens is 2. The van der Waals surface area contributed by atoms with Crippen molar-refractivity contribution in [2.45, 2.75) is 0 Å². The van der Waals surface area contributed by atoms with Gasteiger partial charge in [0.25, 0.3) is 0 Å². The number of nitrogens with one attached hydrogen (secondary N) is 2. The number of anilines is 2. The average molecular weight is 342 g/mol. The molecule has 2 aromatic carbocycles. The number of hydrazine groups is 1. The highest BCUT2D eigenvalue weighted by molar-refractivity contribution is 9.10. The Morgan fingerprint density at radius 2 is 1.62 bits per heavy atom. The van der Waals surface area contributed by atoms with Crippen molar-refractivity contribution in [3.63, 3.8) is 0 Å². The van der Waals surface area contributed by atoms with Gasteiger partial charge in [-0.25, -0.2) is 0 Å². The molecule has 0 aliphatic heterocycles. The van der Waals surface area contributed by atoms with Crippen LogP contribution in [-0.4, -0.2) is 0 Å². The van der Waals surface area contributed by atoms with Crippen LogP contribution < -0.4 is 10.9 Å². The molecule has 0 aliphatic rings.